The van der Waals surface area contributed by atoms with E-state index in [1.807, 2.05) is 131 Å². The molecule has 0 spiro atoms. The van der Waals surface area contributed by atoms with Crippen LogP contribution in [0, 0.1) is 42.8 Å². The lowest BCUT2D eigenvalue weighted by Crippen LogP contribution is -2.55. The number of aliphatic hydroxyl groups excluding tert-OH is 1. The van der Waals surface area contributed by atoms with Crippen LogP contribution in [0.5, 0.6) is 0 Å². The number of carboxylic acids is 2. The fourth-order valence-corrected chi connectivity index (χ4v) is 28.1. The maximum Gasteiger partial charge on any atom is 0.344 e. The number of quaternary nitrogens is 2. The predicted molar refractivity (Wildman–Crippen MR) is 464 cm³/mol. The van der Waals surface area contributed by atoms with E-state index in [1.165, 1.54) is 39.5 Å². The maximum atomic E-state index is 14.4. The Kier molecular flexibility index (Phi) is 41.9. The Morgan fingerprint density at radius 1 is 0.462 bits per heavy atom. The first-order valence-electron chi connectivity index (χ1n) is 28.5. The van der Waals surface area contributed by atoms with Crippen molar-refractivity contribution in [3.05, 3.63) is 77.2 Å². The van der Waals surface area contributed by atoms with Crippen molar-refractivity contribution in [3.8, 4) is 0 Å². The Bertz CT molecular complexity index is 3310. The van der Waals surface area contributed by atoms with Crippen LogP contribution in [0.2, 0.25) is 0 Å². The predicted octanol–water partition coefficient (Wildman–Crippen LogP) is 15.4. The molecule has 0 aliphatic carbocycles. The molecule has 0 aliphatic rings. The van der Waals surface area contributed by atoms with Gasteiger partial charge >= 0.3 is 23.9 Å². The fraction of sp³-hybridized carbons (Fsp3) is 0.492. The van der Waals surface area contributed by atoms with Crippen LogP contribution in [0.4, 0.5) is 34.1 Å². The van der Waals surface area contributed by atoms with Crippen molar-refractivity contribution in [2.24, 2.45) is 0 Å². The molecule has 22 nitrogen and oxygen atoms in total. The average Bonchev–Trinajstić information content (AvgIpc) is 0.756. The highest BCUT2D eigenvalue weighted by Crippen LogP contribution is 2.46. The molecular weight excluding hydrogens is 2570 g/mol. The summed E-state index contributed by atoms with van der Waals surface area (Å²) in [6.07, 6.45) is 5.45. The van der Waals surface area contributed by atoms with Gasteiger partial charge in [0.15, 0.2) is 17.7 Å². The number of carboxylic acid groups (broad SMARTS) is 2. The van der Waals surface area contributed by atoms with Crippen LogP contribution in [0.15, 0.2) is 12.1 Å². The number of carbonyl (C=O) groups excluding carboxylic acids is 4. The Morgan fingerprint density at radius 3 is 1.33 bits per heavy atom. The summed E-state index contributed by atoms with van der Waals surface area (Å²) in [5.41, 5.74) is 4.26. The molecule has 34 heteroatoms. The molecule has 0 heterocycles. The standard InChI is InChI=1S/C50H52I12N6O14.C9H20O2/c1-21(69)65-43-35(57)31(47(71)72)37(59)45(39(43)61)67(5,6)27(82-50(76)30-24(52)19-26(54)42(64-4)34(30)56)10-13-78-14-15-79-20-28(68(7,8)46-38(60)32(48(73)74)36(58)44(40(46)62)66-22(2)70)80-17-16-77-11-9-12-81-49(75)29-23(51)18-25(53)41(63-3)33(29)55;1-2-3-4-5-6-7-8-9(10)11/h18-19,27-28,63-64H,9-17,20H2,1-8H3,(H2-2,65,66,69,70,71,72,73,74);9-11H,2-8H2,1H3/p+2. The molecule has 2 unspecified atom stereocenters. The van der Waals surface area contributed by atoms with Crippen molar-refractivity contribution >= 4 is 341 Å². The van der Waals surface area contributed by atoms with Gasteiger partial charge in [-0.1, -0.05) is 39.0 Å². The van der Waals surface area contributed by atoms with Crippen molar-refractivity contribution in [1.82, 2.24) is 8.97 Å². The molecule has 0 fully saturated rings. The zero-order valence-electron chi connectivity index (χ0n) is 52.0. The second kappa shape index (κ2) is 43.8. The first-order valence-corrected chi connectivity index (χ1v) is 41.4. The van der Waals surface area contributed by atoms with Crippen LogP contribution in [0.3, 0.4) is 0 Å². The molecule has 4 aromatic rings. The van der Waals surface area contributed by atoms with E-state index in [1.54, 1.807) is 14.1 Å². The number of halogens is 12. The second-order valence-corrected chi connectivity index (χ2v) is 34.5. The van der Waals surface area contributed by atoms with Crippen LogP contribution >= 0.6 is 271 Å². The highest BCUT2D eigenvalue weighted by atomic mass is 127. The fourth-order valence-electron chi connectivity index (χ4n) is 9.12. The van der Waals surface area contributed by atoms with Gasteiger partial charge in [0.2, 0.25) is 24.3 Å². The van der Waals surface area contributed by atoms with E-state index >= 15 is 0 Å². The van der Waals surface area contributed by atoms with Gasteiger partial charge in [0.25, 0.3) is 0 Å². The van der Waals surface area contributed by atoms with Gasteiger partial charge in [-0.05, 0) is 296 Å². The molecule has 0 bridgehead atoms. The summed E-state index contributed by atoms with van der Waals surface area (Å²) < 4.78 is 44.4. The molecule has 0 saturated heterocycles. The van der Waals surface area contributed by atoms with Gasteiger partial charge in [-0.3, -0.25) is 18.6 Å². The Labute approximate surface area is 706 Å². The number of hydrogen-bond donors (Lipinski definition) is 8. The molecule has 2 amide bonds. The third-order valence-electron chi connectivity index (χ3n) is 13.9. The third kappa shape index (κ3) is 25.8. The number of esters is 2. The Morgan fingerprint density at radius 2 is 0.882 bits per heavy atom. The van der Waals surface area contributed by atoms with Crippen molar-refractivity contribution in [1.29, 1.82) is 0 Å². The minimum absolute atomic E-state index is 0.00793. The summed E-state index contributed by atoms with van der Waals surface area (Å²) in [5.74, 6) is -4.15. The topological polar surface area (TPSA) is 287 Å². The molecule has 518 valence electrons. The molecular formula is C59H74I12N6O16+2. The van der Waals surface area contributed by atoms with Gasteiger partial charge in [0, 0.05) is 55.3 Å². The number of likely N-dealkylation sites (N-methyl/N-ethyl adjacent to an activating group) is 1. The average molecular weight is 2650 g/mol. The minimum atomic E-state index is -1.19. The maximum absolute atomic E-state index is 14.4. The highest BCUT2D eigenvalue weighted by molar-refractivity contribution is 14.1. The van der Waals surface area contributed by atoms with Gasteiger partial charge in [-0.2, -0.15) is 0 Å². The molecule has 93 heavy (non-hydrogen) atoms. The lowest BCUT2D eigenvalue weighted by atomic mass is 10.1. The molecule has 0 saturated carbocycles. The number of benzene rings is 4. The van der Waals surface area contributed by atoms with E-state index in [0.717, 1.165) is 38.5 Å². The summed E-state index contributed by atoms with van der Waals surface area (Å²) in [5, 5.41) is 49.9. The van der Waals surface area contributed by atoms with E-state index in [-0.39, 0.29) is 91.2 Å². The van der Waals surface area contributed by atoms with E-state index in [4.69, 9.17) is 38.6 Å². The van der Waals surface area contributed by atoms with Crippen molar-refractivity contribution in [2.45, 2.75) is 97.3 Å². The first kappa shape index (κ1) is 89.0. The minimum Gasteiger partial charge on any atom is -0.478 e. The third-order valence-corrected chi connectivity index (χ3v) is 25.8. The number of amides is 2. The number of ether oxygens (including phenoxy) is 6. The largest absolute Gasteiger partial charge is 0.478 e. The number of aromatic carboxylic acids is 2. The highest BCUT2D eigenvalue weighted by Gasteiger charge is 2.43. The van der Waals surface area contributed by atoms with E-state index < -0.39 is 42.6 Å². The van der Waals surface area contributed by atoms with E-state index in [2.05, 4.69) is 209 Å². The second-order valence-electron chi connectivity index (χ2n) is 21.2. The Hall–Kier alpha value is 1.74. The summed E-state index contributed by atoms with van der Waals surface area (Å²) in [4.78, 5) is 78.2. The number of rotatable bonds is 36. The normalized spacial score (nSPS) is 12.2. The van der Waals surface area contributed by atoms with Gasteiger partial charge in [0.05, 0.1) is 148 Å². The number of nitrogens with zero attached hydrogens (tertiary/aromatic N) is 2. The van der Waals surface area contributed by atoms with E-state index in [0.29, 0.717) is 75.3 Å². The number of hydrogen-bond acceptors (Lipinski definition) is 16. The monoisotopic (exact) mass is 2650 g/mol. The van der Waals surface area contributed by atoms with Gasteiger partial charge in [-0.25, -0.2) is 19.2 Å². The van der Waals surface area contributed by atoms with Crippen LogP contribution in [-0.4, -0.2) is 170 Å². The summed E-state index contributed by atoms with van der Waals surface area (Å²) in [6, 6.07) is 3.80. The summed E-state index contributed by atoms with van der Waals surface area (Å²) >= 11 is 25.1. The van der Waals surface area contributed by atoms with Gasteiger partial charge in [-0.15, -0.1) is 0 Å². The zero-order valence-corrected chi connectivity index (χ0v) is 77.9. The molecule has 0 aliphatic heterocycles. The summed E-state index contributed by atoms with van der Waals surface area (Å²) in [7, 11) is 10.9. The lowest BCUT2D eigenvalue weighted by molar-refractivity contribution is -0.115. The smallest absolute Gasteiger partial charge is 0.344 e. The number of unbranched alkanes of at least 4 members (excludes halogenated alkanes) is 5. The molecule has 8 N–H and O–H groups in total. The molecule has 2 atom stereocenters. The number of anilines is 4. The summed E-state index contributed by atoms with van der Waals surface area (Å²) in [6.45, 7) is 5.77. The van der Waals surface area contributed by atoms with Crippen molar-refractivity contribution < 1.29 is 77.6 Å². The first-order chi connectivity index (χ1) is 43.6. The number of nitrogens with one attached hydrogen (secondary N) is 4. The Balaban J connectivity index is 0.00000186. The zero-order chi connectivity index (χ0) is 70.4. The lowest BCUT2D eigenvalue weighted by Gasteiger charge is -2.39. The van der Waals surface area contributed by atoms with Gasteiger partial charge in [0.1, 0.15) is 6.61 Å². The van der Waals surface area contributed by atoms with Crippen molar-refractivity contribution in [2.75, 3.05) is 116 Å². The van der Waals surface area contributed by atoms with E-state index in [9.17, 15) is 39.0 Å². The van der Waals surface area contributed by atoms with Crippen LogP contribution in [-0.2, 0) is 38.0 Å². The quantitative estimate of drug-likeness (QED) is 0.00690. The van der Waals surface area contributed by atoms with Crippen LogP contribution in [0.1, 0.15) is 120 Å². The SMILES string of the molecule is CCCCCCCCC(O)O.CNc1c(I)cc(I)c(C(=O)OCCCOCCOC(COCCOCCC(OC(=O)c2c(I)cc(I)c(NC)c2I)[N+](C)(C)c2c(I)c(NC(C)=O)c(I)c(C(=O)O)c2I)[N+](C)(C)c2c(I)c(NC(C)=O)c(I)c(C(=O)O)c2I)c1I. The van der Waals surface area contributed by atoms with Gasteiger partial charge < -0.3 is 70.1 Å². The molecule has 0 radical (unpaired) electrons. The number of carbonyl (C=O) groups is 6. The molecule has 4 aromatic carbocycles. The van der Waals surface area contributed by atoms with Crippen LogP contribution < -0.4 is 30.2 Å². The van der Waals surface area contributed by atoms with Crippen LogP contribution in [0.25, 0.3) is 0 Å². The number of aliphatic hydroxyl groups is 2. The molecule has 0 aromatic heterocycles. The van der Waals surface area contributed by atoms with Crippen molar-refractivity contribution in [3.63, 3.8) is 0 Å². The molecule has 4 rings (SSSR count).